The monoisotopic (exact) mass is 574 g/mol. The Morgan fingerprint density at radius 1 is 0.925 bits per heavy atom. The summed E-state index contributed by atoms with van der Waals surface area (Å²) in [5.41, 5.74) is 1.38. The van der Waals surface area contributed by atoms with Crippen LogP contribution >= 0.6 is 12.2 Å². The Kier molecular flexibility index (Phi) is 8.20. The van der Waals surface area contributed by atoms with Crippen molar-refractivity contribution in [2.45, 2.75) is 51.4 Å². The normalized spacial score (nSPS) is 13.5. The summed E-state index contributed by atoms with van der Waals surface area (Å²) in [6.07, 6.45) is -7.53. The van der Waals surface area contributed by atoms with Crippen molar-refractivity contribution in [2.75, 3.05) is 14.2 Å². The molecular formula is C28H29F3N4O4S. The van der Waals surface area contributed by atoms with Crippen molar-refractivity contribution >= 4 is 28.5 Å². The van der Waals surface area contributed by atoms with Crippen LogP contribution in [0.15, 0.2) is 54.6 Å². The number of ether oxygens (including phenoxy) is 4. The number of para-hydroxylation sites is 1. The van der Waals surface area contributed by atoms with Gasteiger partial charge in [-0.1, -0.05) is 63.2 Å². The van der Waals surface area contributed by atoms with Crippen molar-refractivity contribution in [3.05, 3.63) is 71.4 Å². The van der Waals surface area contributed by atoms with Gasteiger partial charge in [0.1, 0.15) is 16.8 Å². The lowest BCUT2D eigenvalue weighted by Gasteiger charge is -2.21. The molecule has 2 atom stereocenters. The van der Waals surface area contributed by atoms with Crippen molar-refractivity contribution in [1.82, 2.24) is 19.7 Å². The number of hydrogen-bond donors (Lipinski definition) is 0. The van der Waals surface area contributed by atoms with E-state index in [0.717, 1.165) is 11.1 Å². The molecule has 2 aromatic heterocycles. The fraction of sp³-hybridized carbons (Fsp3) is 0.357. The van der Waals surface area contributed by atoms with E-state index < -0.39 is 29.3 Å². The number of alkyl halides is 3. The minimum absolute atomic E-state index is 0.0684. The van der Waals surface area contributed by atoms with Gasteiger partial charge >= 0.3 is 17.4 Å². The number of hydrogen-bond acceptors (Lipinski definition) is 8. The molecule has 0 saturated carbocycles. The van der Waals surface area contributed by atoms with Crippen LogP contribution in [-0.4, -0.2) is 45.4 Å². The Morgan fingerprint density at radius 2 is 1.57 bits per heavy atom. The Labute approximate surface area is 235 Å². The molecule has 2 heterocycles. The molecule has 0 aliphatic rings. The minimum Gasteiger partial charge on any atom is -0.480 e. The van der Waals surface area contributed by atoms with Gasteiger partial charge in [0.2, 0.25) is 12.0 Å². The zero-order chi connectivity index (χ0) is 29.2. The fourth-order valence-corrected chi connectivity index (χ4v) is 4.28. The van der Waals surface area contributed by atoms with Crippen LogP contribution in [0.1, 0.15) is 56.7 Å². The van der Waals surface area contributed by atoms with Gasteiger partial charge in [0.15, 0.2) is 5.65 Å². The lowest BCUT2D eigenvalue weighted by Crippen LogP contribution is -2.28. The average Bonchev–Trinajstić information content (AvgIpc) is 3.29. The van der Waals surface area contributed by atoms with Gasteiger partial charge in [0.05, 0.1) is 20.3 Å². The number of nitrogens with zero attached hydrogens (tertiary/aromatic N) is 4. The summed E-state index contributed by atoms with van der Waals surface area (Å²) in [5.74, 6) is 0.0629. The van der Waals surface area contributed by atoms with E-state index in [1.807, 2.05) is 24.3 Å². The van der Waals surface area contributed by atoms with Crippen LogP contribution in [0, 0.1) is 0 Å². The van der Waals surface area contributed by atoms with E-state index in [2.05, 4.69) is 35.8 Å². The number of rotatable bonds is 7. The number of aromatic nitrogens is 4. The van der Waals surface area contributed by atoms with E-state index in [-0.39, 0.29) is 34.1 Å². The van der Waals surface area contributed by atoms with Crippen LogP contribution in [0.4, 0.5) is 13.2 Å². The van der Waals surface area contributed by atoms with Crippen molar-refractivity contribution < 1.29 is 32.1 Å². The summed E-state index contributed by atoms with van der Waals surface area (Å²) in [5, 5.41) is 3.55. The zero-order valence-electron chi connectivity index (χ0n) is 22.8. The first-order chi connectivity index (χ1) is 18.8. The quantitative estimate of drug-likeness (QED) is 0.225. The van der Waals surface area contributed by atoms with Gasteiger partial charge in [-0.3, -0.25) is 0 Å². The third kappa shape index (κ3) is 6.11. The molecule has 12 heteroatoms. The number of thiocarbonyl (C=S) groups is 1. The lowest BCUT2D eigenvalue weighted by atomic mass is 9.86. The molecule has 0 saturated heterocycles. The SMILES string of the molecule is COc1nc(OC)c2c(C(OC(=S)Oc3ccccc3)C(F)(F)F)nn(C(C)c3ccc(C(C)(C)C)cc3)c2n1. The second-order valence-corrected chi connectivity index (χ2v) is 10.3. The van der Waals surface area contributed by atoms with Gasteiger partial charge in [-0.05, 0) is 35.6 Å². The highest BCUT2D eigenvalue weighted by atomic mass is 32.1. The molecule has 0 radical (unpaired) electrons. The van der Waals surface area contributed by atoms with E-state index in [4.69, 9.17) is 31.2 Å². The third-order valence-electron chi connectivity index (χ3n) is 6.23. The topological polar surface area (TPSA) is 80.5 Å². The van der Waals surface area contributed by atoms with Crippen LogP contribution in [0.25, 0.3) is 11.0 Å². The van der Waals surface area contributed by atoms with Crippen LogP contribution in [0.5, 0.6) is 17.6 Å². The van der Waals surface area contributed by atoms with E-state index >= 15 is 0 Å². The summed E-state index contributed by atoms with van der Waals surface area (Å²) in [7, 11) is 2.63. The highest BCUT2D eigenvalue weighted by Gasteiger charge is 2.48. The molecule has 2 unspecified atom stereocenters. The Balaban J connectivity index is 1.84. The summed E-state index contributed by atoms with van der Waals surface area (Å²) in [6, 6.07) is 15.3. The highest BCUT2D eigenvalue weighted by Crippen LogP contribution is 2.42. The van der Waals surface area contributed by atoms with Gasteiger partial charge < -0.3 is 18.9 Å². The zero-order valence-corrected chi connectivity index (χ0v) is 23.6. The van der Waals surface area contributed by atoms with E-state index in [0.29, 0.717) is 0 Å². The molecule has 0 aliphatic heterocycles. The Hall–Kier alpha value is -3.93. The maximum absolute atomic E-state index is 14.5. The van der Waals surface area contributed by atoms with E-state index in [1.54, 1.807) is 25.1 Å². The fourth-order valence-electron chi connectivity index (χ4n) is 4.09. The first-order valence-electron chi connectivity index (χ1n) is 12.3. The largest absolute Gasteiger partial charge is 0.480 e. The van der Waals surface area contributed by atoms with E-state index in [9.17, 15) is 13.2 Å². The molecule has 0 aliphatic carbocycles. The molecule has 8 nitrogen and oxygen atoms in total. The molecule has 4 aromatic rings. The second-order valence-electron chi connectivity index (χ2n) is 10.0. The van der Waals surface area contributed by atoms with Crippen LogP contribution in [0.3, 0.4) is 0 Å². The third-order valence-corrected chi connectivity index (χ3v) is 6.41. The summed E-state index contributed by atoms with van der Waals surface area (Å²) >= 11 is 5.02. The van der Waals surface area contributed by atoms with Crippen molar-refractivity contribution in [1.29, 1.82) is 0 Å². The predicted octanol–water partition coefficient (Wildman–Crippen LogP) is 6.73. The second kappa shape index (κ2) is 11.3. The van der Waals surface area contributed by atoms with Gasteiger partial charge in [-0.25, -0.2) is 4.68 Å². The summed E-state index contributed by atoms with van der Waals surface area (Å²) in [6.45, 7) is 8.09. The standard InChI is InChI=1S/C28H29F3N4O4S/c1-16(17-12-14-18(15-13-17)27(2,3)4)35-23-20(24(36-5)33-25(32-23)37-6)21(34-35)22(28(29,30)31)39-26(40)38-19-10-8-7-9-11-19/h7-16,22H,1-6H3. The van der Waals surface area contributed by atoms with E-state index in [1.165, 1.54) is 31.0 Å². The van der Waals surface area contributed by atoms with Crippen molar-refractivity contribution in [2.24, 2.45) is 0 Å². The molecule has 212 valence electrons. The molecule has 4 rings (SSSR count). The maximum atomic E-state index is 14.5. The number of fused-ring (bicyclic) bond motifs is 1. The number of methoxy groups -OCH3 is 2. The smallest absolute Gasteiger partial charge is 0.431 e. The molecule has 0 bridgehead atoms. The molecule has 0 fully saturated rings. The summed E-state index contributed by atoms with van der Waals surface area (Å²) in [4.78, 5) is 8.44. The van der Waals surface area contributed by atoms with Crippen LogP contribution in [0.2, 0.25) is 0 Å². The minimum atomic E-state index is -4.93. The molecular weight excluding hydrogens is 545 g/mol. The van der Waals surface area contributed by atoms with Gasteiger partial charge in [-0.2, -0.15) is 28.2 Å². The van der Waals surface area contributed by atoms with Gasteiger partial charge in [0.25, 0.3) is 0 Å². The first-order valence-corrected chi connectivity index (χ1v) is 12.7. The molecule has 0 spiro atoms. The van der Waals surface area contributed by atoms with Gasteiger partial charge in [0, 0.05) is 12.2 Å². The highest BCUT2D eigenvalue weighted by molar-refractivity contribution is 7.79. The van der Waals surface area contributed by atoms with Crippen LogP contribution < -0.4 is 14.2 Å². The molecule has 40 heavy (non-hydrogen) atoms. The number of benzene rings is 2. The molecule has 0 amide bonds. The Bertz CT molecular complexity index is 1490. The predicted molar refractivity (Wildman–Crippen MR) is 147 cm³/mol. The van der Waals surface area contributed by atoms with Crippen LogP contribution in [-0.2, 0) is 10.2 Å². The van der Waals surface area contributed by atoms with Gasteiger partial charge in [-0.15, -0.1) is 0 Å². The maximum Gasteiger partial charge on any atom is 0.431 e. The first kappa shape index (κ1) is 29.1. The lowest BCUT2D eigenvalue weighted by molar-refractivity contribution is -0.204. The average molecular weight is 575 g/mol. The molecule has 2 aromatic carbocycles. The Morgan fingerprint density at radius 3 is 2.12 bits per heavy atom. The summed E-state index contributed by atoms with van der Waals surface area (Å²) < 4.78 is 65.9. The van der Waals surface area contributed by atoms with Crippen molar-refractivity contribution in [3.63, 3.8) is 0 Å². The number of halogens is 3. The molecule has 0 N–H and O–H groups in total. The van der Waals surface area contributed by atoms with Crippen molar-refractivity contribution in [3.8, 4) is 17.6 Å².